The number of rotatable bonds is 5. The lowest BCUT2D eigenvalue weighted by Crippen LogP contribution is -2.50. The third-order valence-electron chi connectivity index (χ3n) is 4.24. The van der Waals surface area contributed by atoms with Gasteiger partial charge in [-0.25, -0.2) is 13.2 Å². The molecule has 1 aromatic carbocycles. The van der Waals surface area contributed by atoms with Gasteiger partial charge in [0.2, 0.25) is 10.0 Å². The van der Waals surface area contributed by atoms with Gasteiger partial charge in [-0.15, -0.1) is 0 Å². The summed E-state index contributed by atoms with van der Waals surface area (Å²) in [6, 6.07) is 5.18. The van der Waals surface area contributed by atoms with Crippen molar-refractivity contribution in [3.63, 3.8) is 0 Å². The highest BCUT2D eigenvalue weighted by atomic mass is 32.2. The second kappa shape index (κ2) is 8.05. The Labute approximate surface area is 149 Å². The lowest BCUT2D eigenvalue weighted by atomic mass is 10.0. The molecule has 8 heteroatoms. The number of ether oxygens (including phenoxy) is 2. The van der Waals surface area contributed by atoms with Crippen LogP contribution in [0, 0.1) is 0 Å². The van der Waals surface area contributed by atoms with Crippen molar-refractivity contribution in [3.8, 4) is 5.75 Å². The van der Waals surface area contributed by atoms with E-state index >= 15 is 0 Å². The van der Waals surface area contributed by atoms with Crippen LogP contribution in [0.3, 0.4) is 0 Å². The summed E-state index contributed by atoms with van der Waals surface area (Å²) in [6.45, 7) is 7.21. The molecule has 0 aromatic heterocycles. The highest BCUT2D eigenvalue weighted by molar-refractivity contribution is 7.89. The van der Waals surface area contributed by atoms with Crippen LogP contribution in [-0.4, -0.2) is 63.6 Å². The molecule has 1 aliphatic rings. The monoisotopic (exact) mass is 370 g/mol. The van der Waals surface area contributed by atoms with E-state index in [2.05, 4.69) is 0 Å². The van der Waals surface area contributed by atoms with Crippen molar-refractivity contribution in [2.75, 3.05) is 39.9 Å². The summed E-state index contributed by atoms with van der Waals surface area (Å²) in [5, 5.41) is 0. The van der Waals surface area contributed by atoms with E-state index in [1.54, 1.807) is 19.1 Å². The maximum absolute atomic E-state index is 13.0. The van der Waals surface area contributed by atoms with E-state index in [1.807, 2.05) is 19.9 Å². The van der Waals surface area contributed by atoms with Gasteiger partial charge in [-0.05, 0) is 30.5 Å². The van der Waals surface area contributed by atoms with Gasteiger partial charge in [-0.1, -0.05) is 19.9 Å². The maximum Gasteiger partial charge on any atom is 0.409 e. The quantitative estimate of drug-likeness (QED) is 0.795. The molecule has 1 fully saturated rings. The predicted octanol–water partition coefficient (Wildman–Crippen LogP) is 2.28. The number of carbonyl (C=O) groups is 1. The summed E-state index contributed by atoms with van der Waals surface area (Å²) in [7, 11) is -2.21. The zero-order valence-electron chi connectivity index (χ0n) is 15.2. The van der Waals surface area contributed by atoms with Gasteiger partial charge in [0.25, 0.3) is 0 Å². The minimum Gasteiger partial charge on any atom is -0.495 e. The number of benzene rings is 1. The molecule has 0 radical (unpaired) electrons. The summed E-state index contributed by atoms with van der Waals surface area (Å²) < 4.78 is 37.6. The summed E-state index contributed by atoms with van der Waals surface area (Å²) >= 11 is 0. The number of amides is 1. The van der Waals surface area contributed by atoms with E-state index in [0.29, 0.717) is 25.4 Å². The molecular weight excluding hydrogens is 344 g/mol. The first-order chi connectivity index (χ1) is 11.8. The molecule has 7 nitrogen and oxygen atoms in total. The Balaban J connectivity index is 2.19. The second-order valence-electron chi connectivity index (χ2n) is 6.16. The fourth-order valence-electron chi connectivity index (χ4n) is 2.72. The van der Waals surface area contributed by atoms with Gasteiger partial charge in [-0.3, -0.25) is 0 Å². The van der Waals surface area contributed by atoms with E-state index in [1.165, 1.54) is 16.3 Å². The van der Waals surface area contributed by atoms with Crippen molar-refractivity contribution >= 4 is 16.1 Å². The summed E-state index contributed by atoms with van der Waals surface area (Å²) in [4.78, 5) is 13.4. The Morgan fingerprint density at radius 1 is 1.20 bits per heavy atom. The van der Waals surface area contributed by atoms with Gasteiger partial charge in [0.05, 0.1) is 13.7 Å². The molecule has 0 saturated carbocycles. The van der Waals surface area contributed by atoms with Gasteiger partial charge in [-0.2, -0.15) is 4.31 Å². The average Bonchev–Trinajstić information content (AvgIpc) is 2.61. The number of hydrogen-bond acceptors (Lipinski definition) is 5. The van der Waals surface area contributed by atoms with Crippen LogP contribution in [0.25, 0.3) is 0 Å². The number of nitrogens with zero attached hydrogens (tertiary/aromatic N) is 2. The Morgan fingerprint density at radius 3 is 2.36 bits per heavy atom. The first kappa shape index (κ1) is 19.5. The van der Waals surface area contributed by atoms with Crippen LogP contribution < -0.4 is 4.74 Å². The fraction of sp³-hybridized carbons (Fsp3) is 0.588. The molecule has 2 rings (SSSR count). The van der Waals surface area contributed by atoms with Crippen LogP contribution in [0.2, 0.25) is 0 Å². The molecule has 0 N–H and O–H groups in total. The zero-order valence-corrected chi connectivity index (χ0v) is 16.0. The van der Waals surface area contributed by atoms with Gasteiger partial charge in [0.1, 0.15) is 10.6 Å². The van der Waals surface area contributed by atoms with Crippen molar-refractivity contribution in [1.29, 1.82) is 0 Å². The van der Waals surface area contributed by atoms with Crippen molar-refractivity contribution < 1.29 is 22.7 Å². The number of piperazine rings is 1. The third-order valence-corrected chi connectivity index (χ3v) is 6.17. The van der Waals surface area contributed by atoms with E-state index < -0.39 is 16.1 Å². The molecule has 0 atom stereocenters. The van der Waals surface area contributed by atoms with Crippen LogP contribution in [0.15, 0.2) is 23.1 Å². The van der Waals surface area contributed by atoms with Crippen LogP contribution in [0.1, 0.15) is 32.3 Å². The fourth-order valence-corrected chi connectivity index (χ4v) is 4.28. The van der Waals surface area contributed by atoms with Crippen molar-refractivity contribution in [2.45, 2.75) is 31.6 Å². The normalized spacial score (nSPS) is 16.1. The van der Waals surface area contributed by atoms with Crippen molar-refractivity contribution in [1.82, 2.24) is 9.21 Å². The topological polar surface area (TPSA) is 76.2 Å². The van der Waals surface area contributed by atoms with E-state index in [-0.39, 0.29) is 23.9 Å². The second-order valence-corrected chi connectivity index (χ2v) is 8.06. The van der Waals surface area contributed by atoms with Gasteiger partial charge in [0, 0.05) is 26.2 Å². The molecule has 1 aromatic rings. The molecular formula is C17H26N2O5S. The van der Waals surface area contributed by atoms with Crippen LogP contribution in [-0.2, 0) is 14.8 Å². The number of hydrogen-bond donors (Lipinski definition) is 0. The van der Waals surface area contributed by atoms with Gasteiger partial charge >= 0.3 is 6.09 Å². The molecule has 1 aliphatic heterocycles. The summed E-state index contributed by atoms with van der Waals surface area (Å²) in [6.07, 6.45) is -0.404. The van der Waals surface area contributed by atoms with Crippen LogP contribution in [0.4, 0.5) is 4.79 Å². The molecule has 0 aliphatic carbocycles. The average molecular weight is 370 g/mol. The minimum absolute atomic E-state index is 0.156. The lowest BCUT2D eigenvalue weighted by Gasteiger charge is -2.33. The Hall–Kier alpha value is -1.80. The Bertz CT molecular complexity index is 710. The maximum atomic E-state index is 13.0. The number of methoxy groups -OCH3 is 1. The molecule has 0 bridgehead atoms. The summed E-state index contributed by atoms with van der Waals surface area (Å²) in [5.41, 5.74) is 1.02. The smallest absolute Gasteiger partial charge is 0.409 e. The molecule has 0 unspecified atom stereocenters. The number of carbonyl (C=O) groups excluding carboxylic acids is 1. The zero-order chi connectivity index (χ0) is 18.6. The Kier molecular flexibility index (Phi) is 6.29. The molecule has 25 heavy (non-hydrogen) atoms. The highest BCUT2D eigenvalue weighted by Gasteiger charge is 2.32. The van der Waals surface area contributed by atoms with Crippen LogP contribution >= 0.6 is 0 Å². The van der Waals surface area contributed by atoms with E-state index in [9.17, 15) is 13.2 Å². The summed E-state index contributed by atoms with van der Waals surface area (Å²) in [5.74, 6) is 0.623. The van der Waals surface area contributed by atoms with E-state index in [0.717, 1.165) is 5.56 Å². The third kappa shape index (κ3) is 4.24. The Morgan fingerprint density at radius 2 is 1.84 bits per heavy atom. The molecule has 1 saturated heterocycles. The van der Waals surface area contributed by atoms with Gasteiger partial charge in [0.15, 0.2) is 0 Å². The largest absolute Gasteiger partial charge is 0.495 e. The molecule has 1 heterocycles. The van der Waals surface area contributed by atoms with Crippen molar-refractivity contribution in [2.24, 2.45) is 0 Å². The highest BCUT2D eigenvalue weighted by Crippen LogP contribution is 2.30. The lowest BCUT2D eigenvalue weighted by molar-refractivity contribution is 0.0934. The standard InChI is InChI=1S/C17H26N2O5S/c1-5-24-17(20)18-8-10-19(11-9-18)25(21,22)16-7-6-14(13(2)3)12-15(16)23-4/h6-7,12-13H,5,8-11H2,1-4H3. The first-order valence-electron chi connectivity index (χ1n) is 8.41. The predicted molar refractivity (Wildman–Crippen MR) is 94.4 cm³/mol. The van der Waals surface area contributed by atoms with Crippen molar-refractivity contribution in [3.05, 3.63) is 23.8 Å². The molecule has 0 spiro atoms. The molecule has 1 amide bonds. The minimum atomic E-state index is -3.68. The van der Waals surface area contributed by atoms with Gasteiger partial charge < -0.3 is 14.4 Å². The SMILES string of the molecule is CCOC(=O)N1CCN(S(=O)(=O)c2ccc(C(C)C)cc2OC)CC1. The van der Waals surface area contributed by atoms with Crippen LogP contribution in [0.5, 0.6) is 5.75 Å². The van der Waals surface area contributed by atoms with E-state index in [4.69, 9.17) is 9.47 Å². The molecule has 140 valence electrons. The number of sulfonamides is 1. The first-order valence-corrected chi connectivity index (χ1v) is 9.85.